The zero-order chi connectivity index (χ0) is 8.72. The van der Waals surface area contributed by atoms with Gasteiger partial charge in [0.1, 0.15) is 12.2 Å². The molecule has 0 aliphatic carbocycles. The molecule has 2 aromatic rings. The minimum Gasteiger partial charge on any atom is -0.269 e. The van der Waals surface area contributed by atoms with Crippen LogP contribution in [0, 0.1) is 0 Å². The Labute approximate surface area is 78.0 Å². The van der Waals surface area contributed by atoms with E-state index in [1.807, 2.05) is 0 Å². The van der Waals surface area contributed by atoms with E-state index < -0.39 is 0 Å². The van der Waals surface area contributed by atoms with Crippen molar-refractivity contribution < 1.29 is 0 Å². The van der Waals surface area contributed by atoms with Crippen LogP contribution in [0.2, 0.25) is 4.34 Å². The van der Waals surface area contributed by atoms with E-state index in [-0.39, 0.29) is 11.2 Å². The van der Waals surface area contributed by atoms with Gasteiger partial charge in [-0.15, -0.1) is 0 Å². The molecule has 2 heterocycles. The van der Waals surface area contributed by atoms with Crippen LogP contribution in [-0.2, 0) is 0 Å². The van der Waals surface area contributed by atoms with Gasteiger partial charge in [-0.05, 0) is 5.59 Å². The highest BCUT2D eigenvalue weighted by atomic mass is 35.5. The van der Waals surface area contributed by atoms with Crippen LogP contribution in [0.15, 0.2) is 17.1 Å². The van der Waals surface area contributed by atoms with E-state index in [4.69, 9.17) is 19.4 Å². The van der Waals surface area contributed by atoms with Crippen LogP contribution in [0.3, 0.4) is 0 Å². The number of halogens is 1. The third-order valence-corrected chi connectivity index (χ3v) is 2.46. The van der Waals surface area contributed by atoms with Gasteiger partial charge in [0.05, 0.1) is 0 Å². The number of rotatable bonds is 0. The highest BCUT2D eigenvalue weighted by Gasteiger charge is 2.02. The lowest BCUT2D eigenvalue weighted by Gasteiger charge is -1.91. The number of fused-ring (bicyclic) bond motifs is 1. The van der Waals surface area contributed by atoms with Crippen LogP contribution in [0.5, 0.6) is 0 Å². The lowest BCUT2D eigenvalue weighted by atomic mass is 10.1. The number of thiazole rings is 1. The summed E-state index contributed by atoms with van der Waals surface area (Å²) in [5.74, 6) is 0. The molecular weight excluding hydrogens is 194 g/mol. The Kier molecular flexibility index (Phi) is 1.70. The number of aromatic nitrogens is 2. The monoisotopic (exact) mass is 196 g/mol. The molecule has 0 spiro atoms. The van der Waals surface area contributed by atoms with Crippen molar-refractivity contribution in [3.05, 3.63) is 27.0 Å². The largest absolute Gasteiger partial charge is 0.269 e. The summed E-state index contributed by atoms with van der Waals surface area (Å²) in [5.41, 5.74) is 0.0131. The Bertz CT molecular complexity index is 492. The standard InChI is InChI=1S/C6H2BClN2OS/c7-3-1-5(11)10-2-4(8)12-6(10)9-3/h1-2H. The maximum Gasteiger partial charge on any atom is 0.257 e. The first-order valence-corrected chi connectivity index (χ1v) is 4.30. The molecule has 0 fully saturated rings. The fourth-order valence-electron chi connectivity index (χ4n) is 0.893. The molecule has 0 aliphatic rings. The van der Waals surface area contributed by atoms with Gasteiger partial charge in [-0.25, -0.2) is 4.98 Å². The number of hydrogen-bond acceptors (Lipinski definition) is 3. The summed E-state index contributed by atoms with van der Waals surface area (Å²) in [6, 6.07) is 1.26. The zero-order valence-corrected chi connectivity index (χ0v) is 7.39. The van der Waals surface area contributed by atoms with Crippen molar-refractivity contribution in [1.29, 1.82) is 0 Å². The third-order valence-electron chi connectivity index (χ3n) is 1.36. The van der Waals surface area contributed by atoms with Gasteiger partial charge in [0.15, 0.2) is 4.96 Å². The second-order valence-electron chi connectivity index (χ2n) is 2.21. The summed E-state index contributed by atoms with van der Waals surface area (Å²) in [5, 5.41) is 0. The van der Waals surface area contributed by atoms with Crippen molar-refractivity contribution in [3.63, 3.8) is 0 Å². The smallest absolute Gasteiger partial charge is 0.257 e. The lowest BCUT2D eigenvalue weighted by molar-refractivity contribution is 1.09. The predicted molar refractivity (Wildman–Crippen MR) is 49.7 cm³/mol. The van der Waals surface area contributed by atoms with Gasteiger partial charge in [0.25, 0.3) is 5.56 Å². The Morgan fingerprint density at radius 1 is 1.67 bits per heavy atom. The van der Waals surface area contributed by atoms with Gasteiger partial charge < -0.3 is 0 Å². The Hall–Kier alpha value is -0.805. The van der Waals surface area contributed by atoms with Gasteiger partial charge in [0, 0.05) is 12.3 Å². The molecule has 2 aromatic heterocycles. The second kappa shape index (κ2) is 2.60. The fourth-order valence-corrected chi connectivity index (χ4v) is 1.92. The van der Waals surface area contributed by atoms with Crippen molar-refractivity contribution in [2.24, 2.45) is 0 Å². The van der Waals surface area contributed by atoms with Crippen LogP contribution in [-0.4, -0.2) is 17.2 Å². The Morgan fingerprint density at radius 2 is 2.42 bits per heavy atom. The van der Waals surface area contributed by atoms with Crippen molar-refractivity contribution in [3.8, 4) is 0 Å². The molecule has 0 aliphatic heterocycles. The summed E-state index contributed by atoms with van der Waals surface area (Å²) in [7, 11) is 5.37. The molecule has 12 heavy (non-hydrogen) atoms. The minimum atomic E-state index is -0.208. The van der Waals surface area contributed by atoms with E-state index in [1.54, 1.807) is 0 Å². The topological polar surface area (TPSA) is 34.4 Å². The van der Waals surface area contributed by atoms with Gasteiger partial charge in [-0.3, -0.25) is 9.20 Å². The van der Waals surface area contributed by atoms with E-state index in [0.717, 1.165) is 0 Å². The molecule has 0 aromatic carbocycles. The maximum atomic E-state index is 11.2. The van der Waals surface area contributed by atoms with Crippen molar-refractivity contribution in [2.75, 3.05) is 0 Å². The molecule has 0 amide bonds. The van der Waals surface area contributed by atoms with E-state index in [1.165, 1.54) is 28.0 Å². The minimum absolute atomic E-state index is 0.208. The van der Waals surface area contributed by atoms with Crippen LogP contribution in [0.4, 0.5) is 0 Å². The summed E-state index contributed by atoms with van der Waals surface area (Å²) < 4.78 is 1.88. The average molecular weight is 196 g/mol. The molecule has 2 rings (SSSR count). The first-order chi connectivity index (χ1) is 5.66. The van der Waals surface area contributed by atoms with Crippen LogP contribution >= 0.6 is 22.9 Å². The van der Waals surface area contributed by atoms with E-state index in [2.05, 4.69) is 4.98 Å². The van der Waals surface area contributed by atoms with Gasteiger partial charge in [-0.2, -0.15) is 0 Å². The Morgan fingerprint density at radius 3 is 3.17 bits per heavy atom. The van der Waals surface area contributed by atoms with Gasteiger partial charge in [0.2, 0.25) is 0 Å². The van der Waals surface area contributed by atoms with Crippen LogP contribution in [0.1, 0.15) is 0 Å². The first kappa shape index (κ1) is 7.82. The maximum absolute atomic E-state index is 11.2. The molecule has 0 atom stereocenters. The molecule has 6 heteroatoms. The SMILES string of the molecule is [B]c1cc(=O)n2cc(Cl)sc2n1. The molecule has 2 radical (unpaired) electrons. The van der Waals surface area contributed by atoms with E-state index in [9.17, 15) is 4.79 Å². The molecule has 58 valence electrons. The summed E-state index contributed by atoms with van der Waals surface area (Å²) >= 11 is 6.90. The van der Waals surface area contributed by atoms with Crippen molar-refractivity contribution in [2.45, 2.75) is 0 Å². The third kappa shape index (κ3) is 1.15. The molecular formula is C6H2BClN2OS. The van der Waals surface area contributed by atoms with E-state index >= 15 is 0 Å². The fraction of sp³-hybridized carbons (Fsp3) is 0. The van der Waals surface area contributed by atoms with Crippen molar-refractivity contribution in [1.82, 2.24) is 9.38 Å². The highest BCUT2D eigenvalue weighted by Crippen LogP contribution is 2.18. The molecule has 0 saturated carbocycles. The number of hydrogen-bond donors (Lipinski definition) is 0. The zero-order valence-electron chi connectivity index (χ0n) is 5.82. The molecule has 0 bridgehead atoms. The summed E-state index contributed by atoms with van der Waals surface area (Å²) in [6.07, 6.45) is 1.52. The Balaban J connectivity index is 2.98. The van der Waals surface area contributed by atoms with Crippen LogP contribution < -0.4 is 11.2 Å². The number of nitrogens with zero attached hydrogens (tertiary/aromatic N) is 2. The molecule has 0 N–H and O–H groups in total. The molecule has 3 nitrogen and oxygen atoms in total. The van der Waals surface area contributed by atoms with Crippen molar-refractivity contribution >= 4 is 41.3 Å². The average Bonchev–Trinajstić information content (AvgIpc) is 2.29. The molecule has 0 saturated heterocycles. The summed E-state index contributed by atoms with van der Waals surface area (Å²) in [6.45, 7) is 0. The normalized spacial score (nSPS) is 10.8. The quantitative estimate of drug-likeness (QED) is 0.564. The van der Waals surface area contributed by atoms with E-state index in [0.29, 0.717) is 9.30 Å². The predicted octanol–water partition coefficient (Wildman–Crippen LogP) is 0.203. The second-order valence-corrected chi connectivity index (χ2v) is 3.85. The van der Waals surface area contributed by atoms with Gasteiger partial charge >= 0.3 is 0 Å². The highest BCUT2D eigenvalue weighted by molar-refractivity contribution is 7.20. The van der Waals surface area contributed by atoms with Crippen LogP contribution in [0.25, 0.3) is 4.96 Å². The molecule has 0 unspecified atom stereocenters. The lowest BCUT2D eigenvalue weighted by Crippen LogP contribution is -2.21. The summed E-state index contributed by atoms with van der Waals surface area (Å²) in [4.78, 5) is 15.7. The first-order valence-electron chi connectivity index (χ1n) is 3.11. The van der Waals surface area contributed by atoms with Gasteiger partial charge in [-0.1, -0.05) is 22.9 Å².